The SMILES string of the molecule is O=C(CCNc1ncnc2nc[nH]c12)NCc1cccnc1. The summed E-state index contributed by atoms with van der Waals surface area (Å²) in [5.41, 5.74) is 2.30. The highest BCUT2D eigenvalue weighted by molar-refractivity contribution is 5.82. The number of carbonyl (C=O) groups is 1. The molecule has 3 aromatic rings. The highest BCUT2D eigenvalue weighted by Crippen LogP contribution is 2.13. The highest BCUT2D eigenvalue weighted by atomic mass is 16.1. The van der Waals surface area contributed by atoms with Crippen LogP contribution in [0.25, 0.3) is 11.2 Å². The molecule has 0 unspecified atom stereocenters. The van der Waals surface area contributed by atoms with Crippen molar-refractivity contribution in [2.75, 3.05) is 11.9 Å². The number of nitrogens with zero attached hydrogens (tertiary/aromatic N) is 4. The molecule has 0 bridgehead atoms. The third-order valence-electron chi connectivity index (χ3n) is 3.08. The Kier molecular flexibility index (Phi) is 4.19. The number of aromatic amines is 1. The van der Waals surface area contributed by atoms with Gasteiger partial charge in [0.15, 0.2) is 11.5 Å². The molecule has 8 nitrogen and oxygen atoms in total. The molecule has 1 amide bonds. The summed E-state index contributed by atoms with van der Waals surface area (Å²) in [6.07, 6.45) is 6.78. The summed E-state index contributed by atoms with van der Waals surface area (Å²) in [7, 11) is 0. The lowest BCUT2D eigenvalue weighted by Gasteiger charge is -2.07. The summed E-state index contributed by atoms with van der Waals surface area (Å²) in [4.78, 5) is 31.0. The second-order valence-corrected chi connectivity index (χ2v) is 4.64. The number of imidazole rings is 1. The van der Waals surface area contributed by atoms with Crippen LogP contribution in [0.3, 0.4) is 0 Å². The van der Waals surface area contributed by atoms with Gasteiger partial charge in [0.25, 0.3) is 0 Å². The van der Waals surface area contributed by atoms with Gasteiger partial charge in [-0.15, -0.1) is 0 Å². The fourth-order valence-corrected chi connectivity index (χ4v) is 1.99. The first kappa shape index (κ1) is 13.9. The molecule has 0 radical (unpaired) electrons. The van der Waals surface area contributed by atoms with E-state index in [1.165, 1.54) is 6.33 Å². The minimum atomic E-state index is -0.0359. The van der Waals surface area contributed by atoms with Crippen LogP contribution in [-0.2, 0) is 11.3 Å². The first-order chi connectivity index (χ1) is 10.8. The fraction of sp³-hybridized carbons (Fsp3) is 0.214. The normalized spacial score (nSPS) is 10.5. The Bertz CT molecular complexity index is 756. The molecule has 0 spiro atoms. The van der Waals surface area contributed by atoms with Gasteiger partial charge in [-0.3, -0.25) is 9.78 Å². The summed E-state index contributed by atoms with van der Waals surface area (Å²) >= 11 is 0. The maximum Gasteiger partial charge on any atom is 0.222 e. The molecule has 0 saturated carbocycles. The monoisotopic (exact) mass is 297 g/mol. The molecule has 0 atom stereocenters. The van der Waals surface area contributed by atoms with Gasteiger partial charge in [-0.2, -0.15) is 0 Å². The number of hydrogen-bond donors (Lipinski definition) is 3. The molecule has 3 aromatic heterocycles. The van der Waals surface area contributed by atoms with E-state index in [0.29, 0.717) is 31.0 Å². The number of fused-ring (bicyclic) bond motifs is 1. The zero-order valence-electron chi connectivity index (χ0n) is 11.8. The van der Waals surface area contributed by atoms with Crippen molar-refractivity contribution in [2.45, 2.75) is 13.0 Å². The van der Waals surface area contributed by atoms with Gasteiger partial charge in [-0.25, -0.2) is 15.0 Å². The van der Waals surface area contributed by atoms with Gasteiger partial charge in [0.2, 0.25) is 5.91 Å². The molecular formula is C14H15N7O. The molecule has 112 valence electrons. The van der Waals surface area contributed by atoms with Gasteiger partial charge in [0.1, 0.15) is 11.8 Å². The van der Waals surface area contributed by atoms with Crippen LogP contribution in [0.4, 0.5) is 5.82 Å². The average Bonchev–Trinajstić information content (AvgIpc) is 3.03. The van der Waals surface area contributed by atoms with Crippen LogP contribution in [0, 0.1) is 0 Å². The van der Waals surface area contributed by atoms with Gasteiger partial charge >= 0.3 is 0 Å². The van der Waals surface area contributed by atoms with Crippen molar-refractivity contribution in [3.63, 3.8) is 0 Å². The summed E-state index contributed by atoms with van der Waals surface area (Å²) in [6.45, 7) is 0.953. The molecule has 0 aromatic carbocycles. The third-order valence-corrected chi connectivity index (χ3v) is 3.08. The number of pyridine rings is 1. The van der Waals surface area contributed by atoms with Crippen LogP contribution < -0.4 is 10.6 Å². The Morgan fingerprint density at radius 1 is 1.27 bits per heavy atom. The summed E-state index contributed by atoms with van der Waals surface area (Å²) < 4.78 is 0. The minimum Gasteiger partial charge on any atom is -0.368 e. The molecule has 8 heteroatoms. The number of anilines is 1. The predicted octanol–water partition coefficient (Wildman–Crippen LogP) is 0.866. The zero-order valence-corrected chi connectivity index (χ0v) is 11.8. The number of hydrogen-bond acceptors (Lipinski definition) is 6. The minimum absolute atomic E-state index is 0.0359. The smallest absolute Gasteiger partial charge is 0.222 e. The molecule has 0 saturated heterocycles. The van der Waals surface area contributed by atoms with Crippen molar-refractivity contribution < 1.29 is 4.79 Å². The molecule has 0 fully saturated rings. The van der Waals surface area contributed by atoms with Crippen molar-refractivity contribution >= 4 is 22.9 Å². The first-order valence-corrected chi connectivity index (χ1v) is 6.86. The largest absolute Gasteiger partial charge is 0.368 e. The van der Waals surface area contributed by atoms with Crippen LogP contribution in [-0.4, -0.2) is 37.4 Å². The van der Waals surface area contributed by atoms with Crippen LogP contribution in [0.15, 0.2) is 37.2 Å². The van der Waals surface area contributed by atoms with E-state index >= 15 is 0 Å². The van der Waals surface area contributed by atoms with Gasteiger partial charge in [0, 0.05) is 31.9 Å². The second-order valence-electron chi connectivity index (χ2n) is 4.64. The maximum absolute atomic E-state index is 11.8. The first-order valence-electron chi connectivity index (χ1n) is 6.86. The summed E-state index contributed by atoms with van der Waals surface area (Å²) in [5, 5.41) is 5.95. The van der Waals surface area contributed by atoms with E-state index in [4.69, 9.17) is 0 Å². The van der Waals surface area contributed by atoms with Crippen molar-refractivity contribution in [1.29, 1.82) is 0 Å². The molecule has 22 heavy (non-hydrogen) atoms. The van der Waals surface area contributed by atoms with Gasteiger partial charge in [-0.05, 0) is 11.6 Å². The molecule has 0 aliphatic rings. The Morgan fingerprint density at radius 2 is 2.23 bits per heavy atom. The van der Waals surface area contributed by atoms with E-state index in [-0.39, 0.29) is 5.91 Å². The maximum atomic E-state index is 11.8. The molecule has 3 heterocycles. The van der Waals surface area contributed by atoms with Crippen LogP contribution >= 0.6 is 0 Å². The zero-order chi connectivity index (χ0) is 15.2. The molecule has 0 aliphatic heterocycles. The quantitative estimate of drug-likeness (QED) is 0.623. The van der Waals surface area contributed by atoms with E-state index in [0.717, 1.165) is 11.1 Å². The average molecular weight is 297 g/mol. The van der Waals surface area contributed by atoms with Crippen LogP contribution in [0.1, 0.15) is 12.0 Å². The summed E-state index contributed by atoms with van der Waals surface area (Å²) in [6, 6.07) is 3.76. The number of nitrogens with one attached hydrogen (secondary N) is 3. The fourth-order valence-electron chi connectivity index (χ4n) is 1.99. The number of H-pyrrole nitrogens is 1. The van der Waals surface area contributed by atoms with E-state index < -0.39 is 0 Å². The molecule has 3 rings (SSSR count). The highest BCUT2D eigenvalue weighted by Gasteiger charge is 2.06. The van der Waals surface area contributed by atoms with Gasteiger partial charge in [-0.1, -0.05) is 6.07 Å². The van der Waals surface area contributed by atoms with Crippen molar-refractivity contribution in [3.05, 3.63) is 42.7 Å². The van der Waals surface area contributed by atoms with Gasteiger partial charge < -0.3 is 15.6 Å². The molecule has 3 N–H and O–H groups in total. The standard InChI is InChI=1S/C14H15N7O/c22-11(17-7-10-2-1-4-15-6-10)3-5-16-13-12-14(19-8-18-12)21-9-20-13/h1-2,4,6,8-9H,3,5,7H2,(H,17,22)(H2,16,18,19,20,21). The van der Waals surface area contributed by atoms with E-state index in [1.807, 2.05) is 12.1 Å². The van der Waals surface area contributed by atoms with Crippen molar-refractivity contribution in [1.82, 2.24) is 30.2 Å². The lowest BCUT2D eigenvalue weighted by molar-refractivity contribution is -0.121. The Morgan fingerprint density at radius 3 is 3.09 bits per heavy atom. The van der Waals surface area contributed by atoms with E-state index in [1.54, 1.807) is 18.7 Å². The number of aromatic nitrogens is 5. The number of carbonyl (C=O) groups excluding carboxylic acids is 1. The Hall–Kier alpha value is -3.03. The lowest BCUT2D eigenvalue weighted by Crippen LogP contribution is -2.25. The Balaban J connectivity index is 1.46. The summed E-state index contributed by atoms with van der Waals surface area (Å²) in [5.74, 6) is 0.605. The van der Waals surface area contributed by atoms with Crippen LogP contribution in [0.2, 0.25) is 0 Å². The Labute approximate surface area is 126 Å². The predicted molar refractivity (Wildman–Crippen MR) is 80.9 cm³/mol. The van der Waals surface area contributed by atoms with Gasteiger partial charge in [0.05, 0.1) is 6.33 Å². The van der Waals surface area contributed by atoms with Crippen molar-refractivity contribution in [2.24, 2.45) is 0 Å². The van der Waals surface area contributed by atoms with E-state index in [2.05, 4.69) is 35.6 Å². The topological polar surface area (TPSA) is 108 Å². The lowest BCUT2D eigenvalue weighted by atomic mass is 10.3. The van der Waals surface area contributed by atoms with E-state index in [9.17, 15) is 4.79 Å². The molecule has 0 aliphatic carbocycles. The number of amides is 1. The second kappa shape index (κ2) is 6.61. The number of rotatable bonds is 6. The van der Waals surface area contributed by atoms with Crippen LogP contribution in [0.5, 0.6) is 0 Å². The van der Waals surface area contributed by atoms with Crippen molar-refractivity contribution in [3.8, 4) is 0 Å². The third kappa shape index (κ3) is 3.35. The molecular weight excluding hydrogens is 282 g/mol.